The quantitative estimate of drug-likeness (QED) is 0.798. The molecule has 1 fully saturated rings. The number of nitrogens with two attached hydrogens (primary N) is 1. The van der Waals surface area contributed by atoms with Crippen LogP contribution in [0.2, 0.25) is 0 Å². The lowest BCUT2D eigenvalue weighted by Gasteiger charge is -2.34. The number of hydrogen-bond donors (Lipinski definition) is 1. The van der Waals surface area contributed by atoms with Crippen molar-refractivity contribution in [2.24, 2.45) is 5.73 Å². The Hall–Kier alpha value is -1.00. The molecule has 2 rings (SSSR count). The molecule has 1 saturated heterocycles. The first-order valence-electron chi connectivity index (χ1n) is 5.36. The van der Waals surface area contributed by atoms with Crippen LogP contribution >= 0.6 is 0 Å². The lowest BCUT2D eigenvalue weighted by Crippen LogP contribution is -2.46. The molecule has 1 aromatic carbocycles. The highest BCUT2D eigenvalue weighted by Gasteiger charge is 2.35. The van der Waals surface area contributed by atoms with Gasteiger partial charge < -0.3 is 10.5 Å². The highest BCUT2D eigenvalue weighted by Crippen LogP contribution is 2.32. The lowest BCUT2D eigenvalue weighted by molar-refractivity contribution is 0.0335. The molecule has 0 radical (unpaired) electrons. The molecule has 0 aromatic heterocycles. The van der Waals surface area contributed by atoms with Gasteiger partial charge in [-0.3, -0.25) is 0 Å². The summed E-state index contributed by atoms with van der Waals surface area (Å²) in [7, 11) is 0. The lowest BCUT2D eigenvalue weighted by atomic mass is 9.84. The molecule has 1 atom stereocenters. The van der Waals surface area contributed by atoms with E-state index in [4.69, 9.17) is 10.5 Å². The van der Waals surface area contributed by atoms with Gasteiger partial charge in [0.25, 0.3) is 0 Å². The van der Waals surface area contributed by atoms with Crippen LogP contribution in [-0.4, -0.2) is 13.2 Å². The van der Waals surface area contributed by atoms with Crippen LogP contribution in [-0.2, 0) is 10.3 Å². The molecule has 0 amide bonds. The summed E-state index contributed by atoms with van der Waals surface area (Å²) >= 11 is 0. The Morgan fingerprint density at radius 1 is 1.38 bits per heavy atom. The topological polar surface area (TPSA) is 35.2 Å². The van der Waals surface area contributed by atoms with Crippen LogP contribution in [0.25, 0.3) is 0 Å². The number of rotatable bonds is 1. The van der Waals surface area contributed by atoms with Crippen LogP contribution < -0.4 is 5.73 Å². The summed E-state index contributed by atoms with van der Waals surface area (Å²) in [6, 6.07) is 2.68. The second-order valence-corrected chi connectivity index (χ2v) is 4.37. The third-order valence-corrected chi connectivity index (χ3v) is 3.05. The largest absolute Gasteiger partial charge is 0.379 e. The number of hydrogen-bond acceptors (Lipinski definition) is 2. The molecule has 1 heterocycles. The fourth-order valence-electron chi connectivity index (χ4n) is 2.13. The molecular formula is C12H15F2NO. The summed E-state index contributed by atoms with van der Waals surface area (Å²) in [6.07, 6.45) is 1.27. The molecular weight excluding hydrogens is 212 g/mol. The van der Waals surface area contributed by atoms with Crippen molar-refractivity contribution in [1.29, 1.82) is 0 Å². The van der Waals surface area contributed by atoms with Gasteiger partial charge in [-0.2, -0.15) is 0 Å². The maximum Gasteiger partial charge on any atom is 0.134 e. The van der Waals surface area contributed by atoms with E-state index in [0.717, 1.165) is 6.42 Å². The Balaban J connectivity index is 2.49. The van der Waals surface area contributed by atoms with Crippen molar-refractivity contribution in [2.75, 3.05) is 13.2 Å². The van der Waals surface area contributed by atoms with E-state index in [0.29, 0.717) is 18.6 Å². The predicted molar refractivity (Wildman–Crippen MR) is 57.0 cm³/mol. The van der Waals surface area contributed by atoms with E-state index >= 15 is 0 Å². The molecule has 2 N–H and O–H groups in total. The van der Waals surface area contributed by atoms with E-state index in [9.17, 15) is 8.78 Å². The van der Waals surface area contributed by atoms with Crippen molar-refractivity contribution >= 4 is 0 Å². The monoisotopic (exact) mass is 227 g/mol. The van der Waals surface area contributed by atoms with Crippen molar-refractivity contribution in [3.63, 3.8) is 0 Å². The molecule has 0 aliphatic carbocycles. The third kappa shape index (κ3) is 1.83. The van der Waals surface area contributed by atoms with Gasteiger partial charge in [-0.1, -0.05) is 6.07 Å². The smallest absolute Gasteiger partial charge is 0.134 e. The van der Waals surface area contributed by atoms with Crippen LogP contribution in [0.1, 0.15) is 24.0 Å². The first-order chi connectivity index (χ1) is 7.54. The van der Waals surface area contributed by atoms with E-state index in [1.807, 2.05) is 0 Å². The summed E-state index contributed by atoms with van der Waals surface area (Å²) in [4.78, 5) is 0. The molecule has 1 unspecified atom stereocenters. The first kappa shape index (κ1) is 11.5. The SMILES string of the molecule is Cc1ccc(F)c(C2(N)CCCOC2)c1F. The Labute approximate surface area is 93.4 Å². The van der Waals surface area contributed by atoms with E-state index in [-0.39, 0.29) is 12.2 Å². The van der Waals surface area contributed by atoms with Crippen molar-refractivity contribution in [3.05, 3.63) is 34.9 Å². The van der Waals surface area contributed by atoms with Gasteiger partial charge in [0.1, 0.15) is 11.6 Å². The Morgan fingerprint density at radius 3 is 2.75 bits per heavy atom. The van der Waals surface area contributed by atoms with Crippen molar-refractivity contribution in [2.45, 2.75) is 25.3 Å². The zero-order valence-corrected chi connectivity index (χ0v) is 9.22. The molecule has 0 bridgehead atoms. The second-order valence-electron chi connectivity index (χ2n) is 4.37. The van der Waals surface area contributed by atoms with Crippen LogP contribution in [0.4, 0.5) is 8.78 Å². The van der Waals surface area contributed by atoms with Crippen molar-refractivity contribution in [1.82, 2.24) is 0 Å². The van der Waals surface area contributed by atoms with E-state index in [1.165, 1.54) is 12.1 Å². The summed E-state index contributed by atoms with van der Waals surface area (Å²) in [5.41, 5.74) is 5.39. The van der Waals surface area contributed by atoms with E-state index < -0.39 is 17.2 Å². The van der Waals surface area contributed by atoms with Gasteiger partial charge in [0.05, 0.1) is 12.1 Å². The van der Waals surface area contributed by atoms with Crippen molar-refractivity contribution in [3.8, 4) is 0 Å². The normalized spacial score (nSPS) is 25.8. The maximum absolute atomic E-state index is 13.9. The highest BCUT2D eigenvalue weighted by atomic mass is 19.1. The molecule has 88 valence electrons. The summed E-state index contributed by atoms with van der Waals surface area (Å²) in [5.74, 6) is -1.14. The summed E-state index contributed by atoms with van der Waals surface area (Å²) in [6.45, 7) is 2.38. The van der Waals surface area contributed by atoms with Gasteiger partial charge in [0.2, 0.25) is 0 Å². The van der Waals surface area contributed by atoms with Crippen LogP contribution in [0.5, 0.6) is 0 Å². The minimum Gasteiger partial charge on any atom is -0.379 e. The van der Waals surface area contributed by atoms with Gasteiger partial charge in [-0.05, 0) is 31.4 Å². The molecule has 0 spiro atoms. The standard InChI is InChI=1S/C12H15F2NO/c1-8-3-4-9(13)10(11(8)14)12(15)5-2-6-16-7-12/h3-4H,2,5-7,15H2,1H3. The molecule has 4 heteroatoms. The Kier molecular flexibility index (Phi) is 2.95. The number of benzene rings is 1. The van der Waals surface area contributed by atoms with Gasteiger partial charge in [-0.15, -0.1) is 0 Å². The molecule has 2 nitrogen and oxygen atoms in total. The van der Waals surface area contributed by atoms with Crippen LogP contribution in [0.15, 0.2) is 12.1 Å². The molecule has 16 heavy (non-hydrogen) atoms. The second kappa shape index (κ2) is 4.11. The van der Waals surface area contributed by atoms with E-state index in [2.05, 4.69) is 0 Å². The predicted octanol–water partition coefficient (Wildman–Crippen LogP) is 2.24. The average Bonchev–Trinajstić information content (AvgIpc) is 2.25. The zero-order chi connectivity index (χ0) is 11.8. The minimum absolute atomic E-state index is 0.0350. The fourth-order valence-corrected chi connectivity index (χ4v) is 2.13. The van der Waals surface area contributed by atoms with Gasteiger partial charge in [-0.25, -0.2) is 8.78 Å². The van der Waals surface area contributed by atoms with E-state index in [1.54, 1.807) is 6.92 Å². The Morgan fingerprint density at radius 2 is 2.12 bits per heavy atom. The maximum atomic E-state index is 13.9. The van der Waals surface area contributed by atoms with Crippen molar-refractivity contribution < 1.29 is 13.5 Å². The van der Waals surface area contributed by atoms with Gasteiger partial charge in [0.15, 0.2) is 0 Å². The number of halogens is 2. The molecule has 1 aromatic rings. The minimum atomic E-state index is -1.03. The molecule has 1 aliphatic heterocycles. The molecule has 0 saturated carbocycles. The Bertz CT molecular complexity index is 400. The fraction of sp³-hybridized carbons (Fsp3) is 0.500. The average molecular weight is 227 g/mol. The van der Waals surface area contributed by atoms with Gasteiger partial charge >= 0.3 is 0 Å². The highest BCUT2D eigenvalue weighted by molar-refractivity contribution is 5.33. The number of aryl methyl sites for hydroxylation is 1. The zero-order valence-electron chi connectivity index (χ0n) is 9.22. The van der Waals surface area contributed by atoms with Crippen LogP contribution in [0.3, 0.4) is 0 Å². The number of ether oxygens (including phenoxy) is 1. The molecule has 1 aliphatic rings. The summed E-state index contributed by atoms with van der Waals surface area (Å²) < 4.78 is 32.8. The third-order valence-electron chi connectivity index (χ3n) is 3.05. The first-order valence-corrected chi connectivity index (χ1v) is 5.36. The summed E-state index contributed by atoms with van der Waals surface area (Å²) in [5, 5.41) is 0. The van der Waals surface area contributed by atoms with Crippen LogP contribution in [0, 0.1) is 18.6 Å². The van der Waals surface area contributed by atoms with Gasteiger partial charge in [0, 0.05) is 12.2 Å².